The van der Waals surface area contributed by atoms with Crippen LogP contribution in [0.4, 0.5) is 5.69 Å². The molecule has 0 aliphatic rings. The maximum Gasteiger partial charge on any atom is 0.311 e. The highest BCUT2D eigenvalue weighted by Crippen LogP contribution is 2.35. The summed E-state index contributed by atoms with van der Waals surface area (Å²) < 4.78 is 26.3. The number of esters is 1. The standard InChI is InChI=1S/C23H24ClNO8/c1-29-15-12-18(31-3)16(19(13-15)32-4)6-9-22(27)25-14-5-7-17(30-2)20(11-14)33-23(28)10-8-21(24)26/h5-7,9,11-13H,8,10H2,1-4H3,(H,25,27)/b9-6+. The van der Waals surface area contributed by atoms with E-state index in [1.165, 1.54) is 46.6 Å². The molecule has 0 fully saturated rings. The molecule has 1 amide bonds. The second kappa shape index (κ2) is 12.4. The molecule has 0 spiro atoms. The Hall–Kier alpha value is -3.72. The topological polar surface area (TPSA) is 109 Å². The lowest BCUT2D eigenvalue weighted by atomic mass is 10.1. The molecule has 2 rings (SSSR count). The van der Waals surface area contributed by atoms with Crippen molar-refractivity contribution in [1.82, 2.24) is 0 Å². The third kappa shape index (κ3) is 7.43. The van der Waals surface area contributed by atoms with E-state index in [9.17, 15) is 14.4 Å². The number of ether oxygens (including phenoxy) is 5. The molecule has 0 bridgehead atoms. The van der Waals surface area contributed by atoms with Gasteiger partial charge in [0.15, 0.2) is 11.5 Å². The number of carbonyl (C=O) groups is 3. The largest absolute Gasteiger partial charge is 0.496 e. The number of anilines is 1. The van der Waals surface area contributed by atoms with Crippen LogP contribution in [0.1, 0.15) is 18.4 Å². The summed E-state index contributed by atoms with van der Waals surface area (Å²) in [7, 11) is 5.92. The van der Waals surface area contributed by atoms with E-state index in [2.05, 4.69) is 5.32 Å². The summed E-state index contributed by atoms with van der Waals surface area (Å²) in [6.07, 6.45) is 2.51. The Morgan fingerprint density at radius 2 is 1.48 bits per heavy atom. The van der Waals surface area contributed by atoms with Gasteiger partial charge in [0.25, 0.3) is 0 Å². The van der Waals surface area contributed by atoms with Crippen LogP contribution in [0, 0.1) is 0 Å². The van der Waals surface area contributed by atoms with Crippen LogP contribution in [-0.2, 0) is 14.4 Å². The SMILES string of the molecule is COc1cc(OC)c(/C=C/C(=O)Nc2ccc(OC)c(OC(=O)CCC(=O)Cl)c2)c(OC)c1. The quantitative estimate of drug-likeness (QED) is 0.225. The molecule has 0 saturated carbocycles. The highest BCUT2D eigenvalue weighted by Gasteiger charge is 2.14. The Kier molecular flexibility index (Phi) is 9.56. The summed E-state index contributed by atoms with van der Waals surface area (Å²) in [6, 6.07) is 7.88. The lowest BCUT2D eigenvalue weighted by Gasteiger charge is -2.13. The summed E-state index contributed by atoms with van der Waals surface area (Å²) in [5.41, 5.74) is 0.907. The Labute approximate surface area is 196 Å². The predicted molar refractivity (Wildman–Crippen MR) is 122 cm³/mol. The van der Waals surface area contributed by atoms with Crippen LogP contribution >= 0.6 is 11.6 Å². The van der Waals surface area contributed by atoms with Gasteiger partial charge in [-0.3, -0.25) is 14.4 Å². The minimum absolute atomic E-state index is 0.0878. The van der Waals surface area contributed by atoms with E-state index in [0.717, 1.165) is 0 Å². The fourth-order valence-electron chi connectivity index (χ4n) is 2.75. The molecule has 33 heavy (non-hydrogen) atoms. The molecule has 176 valence electrons. The molecular formula is C23H24ClNO8. The van der Waals surface area contributed by atoms with Crippen molar-refractivity contribution < 1.29 is 38.1 Å². The summed E-state index contributed by atoms with van der Waals surface area (Å²) in [5.74, 6) is 0.718. The first-order valence-corrected chi connectivity index (χ1v) is 10.0. The first-order valence-electron chi connectivity index (χ1n) is 9.67. The Bertz CT molecular complexity index is 1030. The summed E-state index contributed by atoms with van der Waals surface area (Å²) in [5, 5.41) is 2.03. The fraction of sp³-hybridized carbons (Fsp3) is 0.261. The number of halogens is 1. The molecular weight excluding hydrogens is 454 g/mol. The zero-order valence-electron chi connectivity index (χ0n) is 18.6. The molecule has 0 aliphatic carbocycles. The van der Waals surface area contributed by atoms with Crippen molar-refractivity contribution in [3.63, 3.8) is 0 Å². The van der Waals surface area contributed by atoms with Gasteiger partial charge < -0.3 is 29.0 Å². The van der Waals surface area contributed by atoms with Crippen LogP contribution < -0.4 is 29.0 Å². The molecule has 10 heteroatoms. The van der Waals surface area contributed by atoms with Crippen LogP contribution in [-0.4, -0.2) is 45.6 Å². The third-order valence-corrected chi connectivity index (χ3v) is 4.52. The van der Waals surface area contributed by atoms with Gasteiger partial charge in [0.05, 0.1) is 40.4 Å². The van der Waals surface area contributed by atoms with Crippen molar-refractivity contribution in [2.75, 3.05) is 33.8 Å². The van der Waals surface area contributed by atoms with Crippen LogP contribution in [0.15, 0.2) is 36.4 Å². The fourth-order valence-corrected chi connectivity index (χ4v) is 2.84. The molecule has 0 radical (unpaired) electrons. The number of nitrogens with one attached hydrogen (secondary N) is 1. The van der Waals surface area contributed by atoms with Gasteiger partial charge in [-0.1, -0.05) is 0 Å². The van der Waals surface area contributed by atoms with Crippen LogP contribution in [0.3, 0.4) is 0 Å². The van der Waals surface area contributed by atoms with E-state index in [1.54, 1.807) is 24.3 Å². The Morgan fingerprint density at radius 1 is 0.848 bits per heavy atom. The molecule has 2 aromatic rings. The second-order valence-corrected chi connectivity index (χ2v) is 6.88. The van der Waals surface area contributed by atoms with Gasteiger partial charge in [-0.05, 0) is 29.8 Å². The number of hydrogen-bond donors (Lipinski definition) is 1. The number of hydrogen-bond acceptors (Lipinski definition) is 8. The van der Waals surface area contributed by atoms with Crippen molar-refractivity contribution in [2.24, 2.45) is 0 Å². The van der Waals surface area contributed by atoms with Gasteiger partial charge in [0.1, 0.15) is 17.2 Å². The third-order valence-electron chi connectivity index (χ3n) is 4.34. The van der Waals surface area contributed by atoms with Gasteiger partial charge >= 0.3 is 5.97 Å². The summed E-state index contributed by atoms with van der Waals surface area (Å²) in [6.45, 7) is 0. The molecule has 0 heterocycles. The average molecular weight is 478 g/mol. The Balaban J connectivity index is 2.18. The predicted octanol–water partition coefficient (Wildman–Crippen LogP) is 3.82. The maximum absolute atomic E-state index is 12.5. The number of amides is 1. The monoisotopic (exact) mass is 477 g/mol. The number of rotatable bonds is 11. The number of methoxy groups -OCH3 is 4. The summed E-state index contributed by atoms with van der Waals surface area (Å²) in [4.78, 5) is 35.2. The van der Waals surface area contributed by atoms with E-state index < -0.39 is 17.1 Å². The Morgan fingerprint density at radius 3 is 2.03 bits per heavy atom. The van der Waals surface area contributed by atoms with Crippen LogP contribution in [0.5, 0.6) is 28.7 Å². The molecule has 2 aromatic carbocycles. The zero-order valence-corrected chi connectivity index (χ0v) is 19.4. The molecule has 0 atom stereocenters. The first-order chi connectivity index (χ1) is 15.8. The maximum atomic E-state index is 12.5. The van der Waals surface area contributed by atoms with E-state index in [0.29, 0.717) is 28.5 Å². The van der Waals surface area contributed by atoms with Gasteiger partial charge in [0.2, 0.25) is 11.1 Å². The van der Waals surface area contributed by atoms with Gasteiger partial charge in [-0.15, -0.1) is 0 Å². The van der Waals surface area contributed by atoms with E-state index in [1.807, 2.05) is 0 Å². The molecule has 1 N–H and O–H groups in total. The van der Waals surface area contributed by atoms with Crippen molar-refractivity contribution >= 4 is 40.5 Å². The van der Waals surface area contributed by atoms with E-state index in [-0.39, 0.29) is 24.3 Å². The van der Waals surface area contributed by atoms with Gasteiger partial charge in [-0.2, -0.15) is 0 Å². The molecule has 0 unspecified atom stereocenters. The number of carbonyl (C=O) groups excluding carboxylic acids is 3. The normalized spacial score (nSPS) is 10.5. The average Bonchev–Trinajstić information content (AvgIpc) is 2.81. The van der Waals surface area contributed by atoms with Crippen molar-refractivity contribution in [2.45, 2.75) is 12.8 Å². The molecule has 0 saturated heterocycles. The van der Waals surface area contributed by atoms with E-state index >= 15 is 0 Å². The zero-order chi connectivity index (χ0) is 24.4. The van der Waals surface area contributed by atoms with Crippen molar-refractivity contribution in [3.8, 4) is 28.7 Å². The highest BCUT2D eigenvalue weighted by molar-refractivity contribution is 6.63. The van der Waals surface area contributed by atoms with Gasteiger partial charge in [-0.25, -0.2) is 0 Å². The minimum atomic E-state index is -0.663. The van der Waals surface area contributed by atoms with Crippen molar-refractivity contribution in [3.05, 3.63) is 42.0 Å². The lowest BCUT2D eigenvalue weighted by molar-refractivity contribution is -0.135. The number of benzene rings is 2. The second-order valence-electron chi connectivity index (χ2n) is 6.46. The van der Waals surface area contributed by atoms with Crippen molar-refractivity contribution in [1.29, 1.82) is 0 Å². The summed E-state index contributed by atoms with van der Waals surface area (Å²) >= 11 is 5.25. The highest BCUT2D eigenvalue weighted by atomic mass is 35.5. The minimum Gasteiger partial charge on any atom is -0.496 e. The van der Waals surface area contributed by atoms with Crippen LogP contribution in [0.25, 0.3) is 6.08 Å². The smallest absolute Gasteiger partial charge is 0.311 e. The molecule has 0 aliphatic heterocycles. The molecule has 0 aromatic heterocycles. The van der Waals surface area contributed by atoms with E-state index in [4.69, 9.17) is 35.3 Å². The molecule has 9 nitrogen and oxygen atoms in total. The van der Waals surface area contributed by atoms with Gasteiger partial charge in [0, 0.05) is 36.4 Å². The first kappa shape index (κ1) is 25.5. The lowest BCUT2D eigenvalue weighted by Crippen LogP contribution is -2.11. The van der Waals surface area contributed by atoms with Crippen LogP contribution in [0.2, 0.25) is 0 Å².